The first kappa shape index (κ1) is 12.6. The second-order valence-electron chi connectivity index (χ2n) is 4.33. The molecule has 1 fully saturated rings. The summed E-state index contributed by atoms with van der Waals surface area (Å²) in [6.07, 6.45) is 8.64. The Morgan fingerprint density at radius 1 is 1.33 bits per heavy atom. The zero-order valence-corrected chi connectivity index (χ0v) is 10.3. The average Bonchev–Trinajstić information content (AvgIpc) is 2.76. The van der Waals surface area contributed by atoms with Crippen molar-refractivity contribution in [1.29, 1.82) is 0 Å². The van der Waals surface area contributed by atoms with Crippen LogP contribution in [0.25, 0.3) is 0 Å². The molecular formula is C13H24O2. The van der Waals surface area contributed by atoms with Crippen LogP contribution in [0, 0.1) is 11.8 Å². The van der Waals surface area contributed by atoms with Gasteiger partial charge in [-0.2, -0.15) is 0 Å². The summed E-state index contributed by atoms with van der Waals surface area (Å²) in [6, 6.07) is 0. The molecule has 0 spiro atoms. The molecule has 1 aliphatic rings. The molecule has 1 rings (SSSR count). The topological polar surface area (TPSA) is 18.5 Å². The fourth-order valence-electron chi connectivity index (χ4n) is 2.58. The van der Waals surface area contributed by atoms with E-state index >= 15 is 0 Å². The highest BCUT2D eigenvalue weighted by Gasteiger charge is 2.28. The van der Waals surface area contributed by atoms with Crippen LogP contribution >= 0.6 is 0 Å². The molecule has 0 saturated heterocycles. The molecule has 0 bridgehead atoms. The van der Waals surface area contributed by atoms with Crippen molar-refractivity contribution in [1.82, 2.24) is 0 Å². The third kappa shape index (κ3) is 3.53. The van der Waals surface area contributed by atoms with Gasteiger partial charge in [0.05, 0.1) is 19.5 Å². The van der Waals surface area contributed by atoms with Crippen LogP contribution in [0.5, 0.6) is 0 Å². The first-order valence-electron chi connectivity index (χ1n) is 6.06. The molecule has 0 aromatic heterocycles. The largest absolute Gasteiger partial charge is 0.501 e. The summed E-state index contributed by atoms with van der Waals surface area (Å²) in [7, 11) is 3.56. The number of hydrogen-bond donors (Lipinski definition) is 0. The molecule has 0 radical (unpaired) electrons. The highest BCUT2D eigenvalue weighted by atomic mass is 16.5. The number of rotatable bonds is 6. The number of hydrogen-bond acceptors (Lipinski definition) is 2. The number of allylic oxidation sites excluding steroid dienone is 1. The zero-order chi connectivity index (χ0) is 11.1. The summed E-state index contributed by atoms with van der Waals surface area (Å²) in [6.45, 7) is 2.95. The van der Waals surface area contributed by atoms with E-state index in [2.05, 4.69) is 13.0 Å². The van der Waals surface area contributed by atoms with E-state index in [1.165, 1.54) is 25.7 Å². The Hall–Kier alpha value is -0.500. The molecule has 1 aliphatic carbocycles. The van der Waals surface area contributed by atoms with Crippen LogP contribution in [0.3, 0.4) is 0 Å². The standard InChI is InChI=1S/C13H24O2/c1-4-7-13(15-3)12(10-14-2)11-8-5-6-9-11/h7,11-12H,4-6,8-10H2,1-3H3. The molecular weight excluding hydrogens is 188 g/mol. The summed E-state index contributed by atoms with van der Waals surface area (Å²) in [5, 5.41) is 0. The Labute approximate surface area is 93.7 Å². The maximum absolute atomic E-state index is 5.50. The molecule has 0 heterocycles. The van der Waals surface area contributed by atoms with E-state index in [1.807, 2.05) is 0 Å². The van der Waals surface area contributed by atoms with Gasteiger partial charge in [-0.1, -0.05) is 19.8 Å². The summed E-state index contributed by atoms with van der Waals surface area (Å²) in [5.74, 6) is 2.37. The van der Waals surface area contributed by atoms with Gasteiger partial charge in [0.15, 0.2) is 0 Å². The van der Waals surface area contributed by atoms with Gasteiger partial charge in [-0.05, 0) is 31.3 Å². The number of ether oxygens (including phenoxy) is 2. The van der Waals surface area contributed by atoms with E-state index < -0.39 is 0 Å². The summed E-state index contributed by atoms with van der Waals surface area (Å²) in [5.41, 5.74) is 0. The van der Waals surface area contributed by atoms with E-state index in [0.29, 0.717) is 5.92 Å². The fraction of sp³-hybridized carbons (Fsp3) is 0.846. The van der Waals surface area contributed by atoms with Crippen LogP contribution in [0.2, 0.25) is 0 Å². The van der Waals surface area contributed by atoms with Gasteiger partial charge < -0.3 is 9.47 Å². The fourth-order valence-corrected chi connectivity index (χ4v) is 2.58. The lowest BCUT2D eigenvalue weighted by Crippen LogP contribution is -2.20. The van der Waals surface area contributed by atoms with Crippen molar-refractivity contribution in [3.05, 3.63) is 11.8 Å². The number of methoxy groups -OCH3 is 2. The molecule has 0 aromatic carbocycles. The first-order chi connectivity index (χ1) is 7.33. The Bertz CT molecular complexity index is 193. The van der Waals surface area contributed by atoms with Crippen LogP contribution < -0.4 is 0 Å². The van der Waals surface area contributed by atoms with Gasteiger partial charge >= 0.3 is 0 Å². The lowest BCUT2D eigenvalue weighted by Gasteiger charge is -2.24. The van der Waals surface area contributed by atoms with Crippen molar-refractivity contribution >= 4 is 0 Å². The van der Waals surface area contributed by atoms with E-state index in [9.17, 15) is 0 Å². The minimum Gasteiger partial charge on any atom is -0.501 e. The zero-order valence-electron chi connectivity index (χ0n) is 10.3. The molecule has 0 aromatic rings. The lowest BCUT2D eigenvalue weighted by atomic mass is 9.89. The second-order valence-corrected chi connectivity index (χ2v) is 4.33. The maximum atomic E-state index is 5.50. The van der Waals surface area contributed by atoms with Crippen molar-refractivity contribution in [2.75, 3.05) is 20.8 Å². The molecule has 2 heteroatoms. The molecule has 88 valence electrons. The summed E-state index contributed by atoms with van der Waals surface area (Å²) < 4.78 is 10.8. The predicted molar refractivity (Wildman–Crippen MR) is 62.7 cm³/mol. The van der Waals surface area contributed by atoms with Gasteiger partial charge in [-0.3, -0.25) is 0 Å². The van der Waals surface area contributed by atoms with Crippen LogP contribution in [-0.4, -0.2) is 20.8 Å². The van der Waals surface area contributed by atoms with Crippen molar-refractivity contribution in [2.24, 2.45) is 11.8 Å². The van der Waals surface area contributed by atoms with Crippen LogP contribution in [-0.2, 0) is 9.47 Å². The van der Waals surface area contributed by atoms with Gasteiger partial charge in [0.25, 0.3) is 0 Å². The van der Waals surface area contributed by atoms with Gasteiger partial charge in [-0.15, -0.1) is 0 Å². The highest BCUT2D eigenvalue weighted by Crippen LogP contribution is 2.35. The maximum Gasteiger partial charge on any atom is 0.0972 e. The minimum atomic E-state index is 0.474. The Morgan fingerprint density at radius 3 is 2.47 bits per heavy atom. The van der Waals surface area contributed by atoms with Crippen molar-refractivity contribution < 1.29 is 9.47 Å². The normalized spacial score (nSPS) is 20.6. The third-order valence-electron chi connectivity index (χ3n) is 3.32. The Balaban J connectivity index is 2.65. The Morgan fingerprint density at radius 2 is 2.00 bits per heavy atom. The van der Waals surface area contributed by atoms with E-state index in [0.717, 1.165) is 24.7 Å². The van der Waals surface area contributed by atoms with Gasteiger partial charge in [0, 0.05) is 13.0 Å². The third-order valence-corrected chi connectivity index (χ3v) is 3.32. The van der Waals surface area contributed by atoms with Crippen LogP contribution in [0.4, 0.5) is 0 Å². The van der Waals surface area contributed by atoms with Crippen LogP contribution in [0.1, 0.15) is 39.0 Å². The molecule has 0 amide bonds. The first-order valence-corrected chi connectivity index (χ1v) is 6.06. The molecule has 2 nitrogen and oxygen atoms in total. The molecule has 0 aliphatic heterocycles. The molecule has 1 atom stereocenters. The lowest BCUT2D eigenvalue weighted by molar-refractivity contribution is 0.0999. The molecule has 1 saturated carbocycles. The molecule has 1 unspecified atom stereocenters. The van der Waals surface area contributed by atoms with E-state index in [-0.39, 0.29) is 0 Å². The van der Waals surface area contributed by atoms with Gasteiger partial charge in [0.2, 0.25) is 0 Å². The van der Waals surface area contributed by atoms with E-state index in [1.54, 1.807) is 14.2 Å². The monoisotopic (exact) mass is 212 g/mol. The van der Waals surface area contributed by atoms with Crippen molar-refractivity contribution in [3.63, 3.8) is 0 Å². The SMILES string of the molecule is CCC=C(OC)C(COC)C1CCCC1. The quantitative estimate of drug-likeness (QED) is 0.628. The van der Waals surface area contributed by atoms with Crippen molar-refractivity contribution in [3.8, 4) is 0 Å². The highest BCUT2D eigenvalue weighted by molar-refractivity contribution is 5.01. The average molecular weight is 212 g/mol. The summed E-state index contributed by atoms with van der Waals surface area (Å²) >= 11 is 0. The second kappa shape index (κ2) is 6.89. The molecule has 0 N–H and O–H groups in total. The van der Waals surface area contributed by atoms with Crippen molar-refractivity contribution in [2.45, 2.75) is 39.0 Å². The van der Waals surface area contributed by atoms with Crippen LogP contribution in [0.15, 0.2) is 11.8 Å². The molecule has 15 heavy (non-hydrogen) atoms. The predicted octanol–water partition coefficient (Wildman–Crippen LogP) is 3.38. The van der Waals surface area contributed by atoms with Gasteiger partial charge in [-0.25, -0.2) is 0 Å². The van der Waals surface area contributed by atoms with Gasteiger partial charge in [0.1, 0.15) is 0 Å². The summed E-state index contributed by atoms with van der Waals surface area (Å²) in [4.78, 5) is 0. The minimum absolute atomic E-state index is 0.474. The smallest absolute Gasteiger partial charge is 0.0972 e. The van der Waals surface area contributed by atoms with E-state index in [4.69, 9.17) is 9.47 Å². The Kier molecular flexibility index (Phi) is 5.77.